The topological polar surface area (TPSA) is 123 Å². The van der Waals surface area contributed by atoms with Gasteiger partial charge in [-0.1, -0.05) is 17.8 Å². The zero-order valence-electron chi connectivity index (χ0n) is 17.4. The first-order chi connectivity index (χ1) is 14.7. The van der Waals surface area contributed by atoms with E-state index in [1.807, 2.05) is 4.57 Å². The number of rotatable bonds is 8. The fourth-order valence-electron chi connectivity index (χ4n) is 3.28. The number of allylic oxidation sites excluding steroid dienone is 1. The molecule has 1 aliphatic heterocycles. The molecule has 0 bridgehead atoms. The van der Waals surface area contributed by atoms with Crippen molar-refractivity contribution in [3.63, 3.8) is 0 Å². The van der Waals surface area contributed by atoms with Gasteiger partial charge in [0.25, 0.3) is 0 Å². The molecule has 1 aromatic carbocycles. The smallest absolute Gasteiger partial charge is 0.237 e. The van der Waals surface area contributed by atoms with Gasteiger partial charge in [0.1, 0.15) is 5.82 Å². The van der Waals surface area contributed by atoms with Crippen LogP contribution in [0, 0.1) is 0 Å². The van der Waals surface area contributed by atoms with Crippen molar-refractivity contribution >= 4 is 44.8 Å². The number of amides is 2. The molecule has 2 heterocycles. The molecule has 166 valence electrons. The number of sulfone groups is 1. The summed E-state index contributed by atoms with van der Waals surface area (Å²) >= 11 is 1.25. The fourth-order valence-corrected chi connectivity index (χ4v) is 5.89. The Labute approximate surface area is 185 Å². The molecule has 2 atom stereocenters. The van der Waals surface area contributed by atoms with Crippen molar-refractivity contribution in [1.82, 2.24) is 14.8 Å². The predicted molar refractivity (Wildman–Crippen MR) is 121 cm³/mol. The first kappa shape index (κ1) is 23.0. The van der Waals surface area contributed by atoms with E-state index in [-0.39, 0.29) is 29.2 Å². The number of aromatic nitrogens is 3. The summed E-state index contributed by atoms with van der Waals surface area (Å²) in [7, 11) is -3.05. The standard InChI is InChI=1S/C20H25N5O4S2/c1-4-10-25-18(15-9-11-31(28,29)12-15)23-24-20(25)30-13(2)19(27)22-17-7-5-16(6-8-17)21-14(3)26/h4-8,13,15H,1,9-12H2,2-3H3,(H,21,26)(H,22,27)/t13-,15+/m0/s1. The number of thioether (sulfide) groups is 1. The number of benzene rings is 1. The van der Waals surface area contributed by atoms with Gasteiger partial charge in [-0.15, -0.1) is 16.8 Å². The van der Waals surface area contributed by atoms with Gasteiger partial charge in [0.05, 0.1) is 16.8 Å². The van der Waals surface area contributed by atoms with Crippen LogP contribution in [0.25, 0.3) is 0 Å². The van der Waals surface area contributed by atoms with Crippen LogP contribution < -0.4 is 10.6 Å². The molecule has 2 N–H and O–H groups in total. The quantitative estimate of drug-likeness (QED) is 0.455. The van der Waals surface area contributed by atoms with Crippen LogP contribution in [0.3, 0.4) is 0 Å². The van der Waals surface area contributed by atoms with Gasteiger partial charge in [-0.3, -0.25) is 9.59 Å². The Morgan fingerprint density at radius 2 is 1.90 bits per heavy atom. The van der Waals surface area contributed by atoms with Crippen LogP contribution in [0.5, 0.6) is 0 Å². The SMILES string of the molecule is C=CCn1c(S[C@@H](C)C(=O)Nc2ccc(NC(C)=O)cc2)nnc1[C@@H]1CCS(=O)(=O)C1. The molecule has 2 aromatic rings. The molecule has 31 heavy (non-hydrogen) atoms. The van der Waals surface area contributed by atoms with Gasteiger partial charge < -0.3 is 15.2 Å². The van der Waals surface area contributed by atoms with E-state index in [9.17, 15) is 18.0 Å². The first-order valence-corrected chi connectivity index (χ1v) is 12.5. The van der Waals surface area contributed by atoms with Crippen molar-refractivity contribution in [2.24, 2.45) is 0 Å². The van der Waals surface area contributed by atoms with Crippen molar-refractivity contribution in [2.75, 3.05) is 22.1 Å². The van der Waals surface area contributed by atoms with Gasteiger partial charge in [-0.2, -0.15) is 0 Å². The van der Waals surface area contributed by atoms with Crippen molar-refractivity contribution in [2.45, 2.75) is 43.1 Å². The second-order valence-corrected chi connectivity index (χ2v) is 10.9. The monoisotopic (exact) mass is 463 g/mol. The molecule has 0 aliphatic carbocycles. The van der Waals surface area contributed by atoms with E-state index in [1.54, 1.807) is 37.3 Å². The highest BCUT2D eigenvalue weighted by atomic mass is 32.2. The maximum absolute atomic E-state index is 12.6. The molecule has 2 amide bonds. The van der Waals surface area contributed by atoms with E-state index >= 15 is 0 Å². The molecule has 0 spiro atoms. The van der Waals surface area contributed by atoms with E-state index in [2.05, 4.69) is 27.4 Å². The Kier molecular flexibility index (Phi) is 7.16. The maximum atomic E-state index is 12.6. The molecule has 1 saturated heterocycles. The third-order valence-corrected chi connectivity index (χ3v) is 7.63. The highest BCUT2D eigenvalue weighted by Crippen LogP contribution is 2.31. The van der Waals surface area contributed by atoms with Crippen LogP contribution in [0.4, 0.5) is 11.4 Å². The van der Waals surface area contributed by atoms with Crippen LogP contribution in [-0.4, -0.2) is 51.8 Å². The number of carbonyl (C=O) groups excluding carboxylic acids is 2. The van der Waals surface area contributed by atoms with E-state index in [0.717, 1.165) is 0 Å². The number of nitrogens with one attached hydrogen (secondary N) is 2. The van der Waals surface area contributed by atoms with Crippen LogP contribution >= 0.6 is 11.8 Å². The van der Waals surface area contributed by atoms with Crippen molar-refractivity contribution in [3.05, 3.63) is 42.7 Å². The Hall–Kier alpha value is -2.66. The van der Waals surface area contributed by atoms with Gasteiger partial charge in [-0.05, 0) is 37.6 Å². The number of hydrogen-bond acceptors (Lipinski definition) is 7. The Bertz CT molecular complexity index is 1080. The number of anilines is 2. The molecule has 0 radical (unpaired) electrons. The summed E-state index contributed by atoms with van der Waals surface area (Å²) in [4.78, 5) is 23.7. The van der Waals surface area contributed by atoms with E-state index < -0.39 is 15.1 Å². The molecule has 1 fully saturated rings. The minimum atomic E-state index is -3.05. The van der Waals surface area contributed by atoms with E-state index in [1.165, 1.54) is 18.7 Å². The Morgan fingerprint density at radius 3 is 2.45 bits per heavy atom. The van der Waals surface area contributed by atoms with Gasteiger partial charge in [0.15, 0.2) is 15.0 Å². The molecular formula is C20H25N5O4S2. The largest absolute Gasteiger partial charge is 0.326 e. The summed E-state index contributed by atoms with van der Waals surface area (Å²) in [6.45, 7) is 7.38. The summed E-state index contributed by atoms with van der Waals surface area (Å²) in [5, 5.41) is 14.0. The van der Waals surface area contributed by atoms with Gasteiger partial charge >= 0.3 is 0 Å². The third kappa shape index (κ3) is 5.95. The Morgan fingerprint density at radius 1 is 1.26 bits per heavy atom. The average molecular weight is 464 g/mol. The van der Waals surface area contributed by atoms with Crippen molar-refractivity contribution in [3.8, 4) is 0 Å². The van der Waals surface area contributed by atoms with Crippen LogP contribution in [0.1, 0.15) is 32.0 Å². The number of carbonyl (C=O) groups is 2. The van der Waals surface area contributed by atoms with Gasteiger partial charge in [0.2, 0.25) is 11.8 Å². The summed E-state index contributed by atoms with van der Waals surface area (Å²) in [5.74, 6) is 0.260. The second kappa shape index (κ2) is 9.65. The minimum absolute atomic E-state index is 0.0669. The zero-order valence-corrected chi connectivity index (χ0v) is 19.0. The molecule has 9 nitrogen and oxygen atoms in total. The van der Waals surface area contributed by atoms with Gasteiger partial charge in [-0.25, -0.2) is 8.42 Å². The maximum Gasteiger partial charge on any atom is 0.237 e. The zero-order chi connectivity index (χ0) is 22.6. The van der Waals surface area contributed by atoms with E-state index in [4.69, 9.17) is 0 Å². The molecule has 1 aromatic heterocycles. The summed E-state index contributed by atoms with van der Waals surface area (Å²) in [5.41, 5.74) is 1.25. The summed E-state index contributed by atoms with van der Waals surface area (Å²) in [6.07, 6.45) is 2.22. The fraction of sp³-hybridized carbons (Fsp3) is 0.400. The molecule has 0 unspecified atom stereocenters. The van der Waals surface area contributed by atoms with Crippen LogP contribution in [0.2, 0.25) is 0 Å². The van der Waals surface area contributed by atoms with Crippen LogP contribution in [-0.2, 0) is 26.0 Å². The van der Waals surface area contributed by atoms with Crippen LogP contribution in [0.15, 0.2) is 42.1 Å². The lowest BCUT2D eigenvalue weighted by atomic mass is 10.1. The van der Waals surface area contributed by atoms with Gasteiger partial charge in [0, 0.05) is 30.8 Å². The average Bonchev–Trinajstić information content (AvgIpc) is 3.26. The second-order valence-electron chi connectivity index (χ2n) is 7.35. The Balaban J connectivity index is 1.68. The number of hydrogen-bond donors (Lipinski definition) is 2. The minimum Gasteiger partial charge on any atom is -0.326 e. The molecule has 11 heteroatoms. The molecule has 0 saturated carbocycles. The first-order valence-electron chi connectivity index (χ1n) is 9.78. The molecule has 3 rings (SSSR count). The molecular weight excluding hydrogens is 438 g/mol. The molecule has 1 aliphatic rings. The highest BCUT2D eigenvalue weighted by Gasteiger charge is 2.33. The predicted octanol–water partition coefficient (Wildman–Crippen LogP) is 2.44. The van der Waals surface area contributed by atoms with E-state index in [0.29, 0.717) is 35.3 Å². The lowest BCUT2D eigenvalue weighted by Crippen LogP contribution is -2.23. The van der Waals surface area contributed by atoms with Crippen molar-refractivity contribution in [1.29, 1.82) is 0 Å². The summed E-state index contributed by atoms with van der Waals surface area (Å²) in [6, 6.07) is 6.83. The summed E-state index contributed by atoms with van der Waals surface area (Å²) < 4.78 is 25.5. The highest BCUT2D eigenvalue weighted by molar-refractivity contribution is 8.00. The normalized spacial score (nSPS) is 18.3. The number of nitrogens with zero attached hydrogens (tertiary/aromatic N) is 3. The van der Waals surface area contributed by atoms with Crippen molar-refractivity contribution < 1.29 is 18.0 Å². The lowest BCUT2D eigenvalue weighted by Gasteiger charge is -2.14. The lowest BCUT2D eigenvalue weighted by molar-refractivity contribution is -0.115. The third-order valence-electron chi connectivity index (χ3n) is 4.78.